The van der Waals surface area contributed by atoms with Crippen molar-refractivity contribution in [3.05, 3.63) is 29.3 Å². The fraction of sp³-hybridized carbons (Fsp3) is 0.533. The number of nitrogens with zero attached hydrogens (tertiary/aromatic N) is 1. The van der Waals surface area contributed by atoms with E-state index in [9.17, 15) is 4.79 Å². The first kappa shape index (κ1) is 14.8. The molecule has 1 saturated heterocycles. The van der Waals surface area contributed by atoms with Crippen molar-refractivity contribution in [3.63, 3.8) is 0 Å². The predicted molar refractivity (Wildman–Crippen MR) is 78.1 cm³/mol. The zero-order chi connectivity index (χ0) is 14.8. The van der Waals surface area contributed by atoms with Gasteiger partial charge in [-0.1, -0.05) is 6.07 Å². The smallest absolute Gasteiger partial charge is 0.224 e. The zero-order valence-corrected chi connectivity index (χ0v) is 12.2. The van der Waals surface area contributed by atoms with E-state index in [4.69, 9.17) is 16.2 Å². The number of hydrogen-bond donors (Lipinski definition) is 2. The lowest BCUT2D eigenvalue weighted by Gasteiger charge is -2.21. The van der Waals surface area contributed by atoms with Crippen LogP contribution in [0.5, 0.6) is 5.75 Å². The average molecular weight is 277 g/mol. The molecule has 5 nitrogen and oxygen atoms in total. The number of hydrogen-bond acceptors (Lipinski definition) is 4. The standard InChI is InChI=1S/C15H23N3O2/c1-15(14(17)19)5-6-18(10-15)9-11-3-4-13(20-2)12(7-11)8-16/h3-4,7H,5-6,8-10,16H2,1-2H3,(H2,17,19). The second-order valence-corrected chi connectivity index (χ2v) is 5.74. The van der Waals surface area contributed by atoms with Gasteiger partial charge in [0.25, 0.3) is 0 Å². The van der Waals surface area contributed by atoms with E-state index in [0.717, 1.165) is 30.8 Å². The fourth-order valence-electron chi connectivity index (χ4n) is 2.74. The number of carbonyl (C=O) groups is 1. The number of carbonyl (C=O) groups excluding carboxylic acids is 1. The zero-order valence-electron chi connectivity index (χ0n) is 12.2. The first-order valence-corrected chi connectivity index (χ1v) is 6.86. The van der Waals surface area contributed by atoms with Crippen LogP contribution >= 0.6 is 0 Å². The van der Waals surface area contributed by atoms with Gasteiger partial charge in [-0.2, -0.15) is 0 Å². The Morgan fingerprint density at radius 3 is 2.80 bits per heavy atom. The average Bonchev–Trinajstić information content (AvgIpc) is 2.81. The molecule has 0 bridgehead atoms. The molecule has 0 aromatic heterocycles. The Hall–Kier alpha value is -1.59. The molecule has 1 atom stereocenters. The SMILES string of the molecule is COc1ccc(CN2CCC(C)(C(N)=O)C2)cc1CN. The van der Waals surface area contributed by atoms with Crippen molar-refractivity contribution in [1.82, 2.24) is 4.90 Å². The molecule has 1 aromatic carbocycles. The minimum Gasteiger partial charge on any atom is -0.496 e. The van der Waals surface area contributed by atoms with Crippen molar-refractivity contribution < 1.29 is 9.53 Å². The first-order valence-electron chi connectivity index (χ1n) is 6.86. The summed E-state index contributed by atoms with van der Waals surface area (Å²) in [6, 6.07) is 6.05. The van der Waals surface area contributed by atoms with Crippen molar-refractivity contribution in [2.24, 2.45) is 16.9 Å². The van der Waals surface area contributed by atoms with Crippen molar-refractivity contribution in [3.8, 4) is 5.75 Å². The molecular weight excluding hydrogens is 254 g/mol. The van der Waals surface area contributed by atoms with Crippen LogP contribution in [0.15, 0.2) is 18.2 Å². The van der Waals surface area contributed by atoms with Crippen molar-refractivity contribution in [2.75, 3.05) is 20.2 Å². The van der Waals surface area contributed by atoms with Gasteiger partial charge in [-0.3, -0.25) is 9.69 Å². The van der Waals surface area contributed by atoms with Crippen LogP contribution in [-0.4, -0.2) is 31.0 Å². The third-order valence-corrected chi connectivity index (χ3v) is 4.12. The highest BCUT2D eigenvalue weighted by Gasteiger charge is 2.38. The van der Waals surface area contributed by atoms with E-state index in [1.807, 2.05) is 19.1 Å². The van der Waals surface area contributed by atoms with Crippen LogP contribution in [-0.2, 0) is 17.9 Å². The maximum absolute atomic E-state index is 11.5. The molecule has 1 fully saturated rings. The Bertz CT molecular complexity index is 504. The number of likely N-dealkylation sites (tertiary alicyclic amines) is 1. The van der Waals surface area contributed by atoms with Crippen LogP contribution in [0.25, 0.3) is 0 Å². The van der Waals surface area contributed by atoms with Crippen LogP contribution < -0.4 is 16.2 Å². The summed E-state index contributed by atoms with van der Waals surface area (Å²) < 4.78 is 5.27. The van der Waals surface area contributed by atoms with Gasteiger partial charge in [0, 0.05) is 25.2 Å². The number of primary amides is 1. The van der Waals surface area contributed by atoms with Crippen LogP contribution in [0.1, 0.15) is 24.5 Å². The van der Waals surface area contributed by atoms with Crippen molar-refractivity contribution in [2.45, 2.75) is 26.4 Å². The van der Waals surface area contributed by atoms with Gasteiger partial charge in [-0.25, -0.2) is 0 Å². The summed E-state index contributed by atoms with van der Waals surface area (Å²) in [6.07, 6.45) is 0.822. The molecule has 1 heterocycles. The number of methoxy groups -OCH3 is 1. The molecule has 1 unspecified atom stereocenters. The molecule has 20 heavy (non-hydrogen) atoms. The van der Waals surface area contributed by atoms with Gasteiger partial charge in [0.2, 0.25) is 5.91 Å². The van der Waals surface area contributed by atoms with E-state index in [-0.39, 0.29) is 5.91 Å². The molecule has 2 rings (SSSR count). The molecule has 0 aliphatic carbocycles. The summed E-state index contributed by atoms with van der Waals surface area (Å²) in [5.41, 5.74) is 13.0. The Balaban J connectivity index is 2.06. The molecule has 0 radical (unpaired) electrons. The van der Waals surface area contributed by atoms with E-state index in [1.165, 1.54) is 5.56 Å². The third kappa shape index (κ3) is 2.94. The highest BCUT2D eigenvalue weighted by Crippen LogP contribution is 2.30. The van der Waals surface area contributed by atoms with E-state index in [1.54, 1.807) is 7.11 Å². The third-order valence-electron chi connectivity index (χ3n) is 4.12. The Morgan fingerprint density at radius 1 is 1.50 bits per heavy atom. The number of ether oxygens (including phenoxy) is 1. The molecule has 0 saturated carbocycles. The summed E-state index contributed by atoms with van der Waals surface area (Å²) in [4.78, 5) is 13.7. The maximum Gasteiger partial charge on any atom is 0.224 e. The normalized spacial score (nSPS) is 22.9. The van der Waals surface area contributed by atoms with E-state index in [0.29, 0.717) is 13.1 Å². The topological polar surface area (TPSA) is 81.6 Å². The second-order valence-electron chi connectivity index (χ2n) is 5.74. The molecule has 0 spiro atoms. The minimum atomic E-state index is -0.400. The summed E-state index contributed by atoms with van der Waals surface area (Å²) in [6.45, 7) is 4.81. The quantitative estimate of drug-likeness (QED) is 0.836. The number of amides is 1. The van der Waals surface area contributed by atoms with E-state index < -0.39 is 5.41 Å². The summed E-state index contributed by atoms with van der Waals surface area (Å²) in [5.74, 6) is 0.608. The summed E-state index contributed by atoms with van der Waals surface area (Å²) in [5, 5.41) is 0. The summed E-state index contributed by atoms with van der Waals surface area (Å²) in [7, 11) is 1.65. The highest BCUT2D eigenvalue weighted by atomic mass is 16.5. The first-order chi connectivity index (χ1) is 9.48. The lowest BCUT2D eigenvalue weighted by Crippen LogP contribution is -2.36. The van der Waals surface area contributed by atoms with E-state index in [2.05, 4.69) is 11.0 Å². The molecule has 1 aromatic rings. The lowest BCUT2D eigenvalue weighted by atomic mass is 9.89. The van der Waals surface area contributed by atoms with Crippen molar-refractivity contribution >= 4 is 5.91 Å². The molecule has 1 aliphatic rings. The summed E-state index contributed by atoms with van der Waals surface area (Å²) >= 11 is 0. The second kappa shape index (κ2) is 5.81. The van der Waals surface area contributed by atoms with Gasteiger partial charge in [-0.15, -0.1) is 0 Å². The number of nitrogens with two attached hydrogens (primary N) is 2. The van der Waals surface area contributed by atoms with Gasteiger partial charge < -0.3 is 16.2 Å². The van der Waals surface area contributed by atoms with Gasteiger partial charge in [0.15, 0.2) is 0 Å². The monoisotopic (exact) mass is 277 g/mol. The highest BCUT2D eigenvalue weighted by molar-refractivity contribution is 5.81. The molecule has 4 N–H and O–H groups in total. The predicted octanol–water partition coefficient (Wildman–Crippen LogP) is 0.851. The van der Waals surface area contributed by atoms with E-state index >= 15 is 0 Å². The molecule has 1 amide bonds. The Morgan fingerprint density at radius 2 is 2.25 bits per heavy atom. The largest absolute Gasteiger partial charge is 0.496 e. The van der Waals surface area contributed by atoms with Gasteiger partial charge >= 0.3 is 0 Å². The molecular formula is C15H23N3O2. The fourth-order valence-corrected chi connectivity index (χ4v) is 2.74. The molecule has 5 heteroatoms. The van der Waals surface area contributed by atoms with Crippen LogP contribution in [0.4, 0.5) is 0 Å². The van der Waals surface area contributed by atoms with Crippen molar-refractivity contribution in [1.29, 1.82) is 0 Å². The molecule has 1 aliphatic heterocycles. The van der Waals surface area contributed by atoms with Gasteiger partial charge in [0.05, 0.1) is 12.5 Å². The minimum absolute atomic E-state index is 0.211. The van der Waals surface area contributed by atoms with Gasteiger partial charge in [-0.05, 0) is 37.6 Å². The van der Waals surface area contributed by atoms with Crippen LogP contribution in [0, 0.1) is 5.41 Å². The number of rotatable bonds is 5. The lowest BCUT2D eigenvalue weighted by molar-refractivity contribution is -0.126. The maximum atomic E-state index is 11.5. The Kier molecular flexibility index (Phi) is 4.30. The molecule has 110 valence electrons. The Labute approximate surface area is 119 Å². The number of benzene rings is 1. The van der Waals surface area contributed by atoms with Crippen LogP contribution in [0.2, 0.25) is 0 Å². The van der Waals surface area contributed by atoms with Crippen LogP contribution in [0.3, 0.4) is 0 Å². The van der Waals surface area contributed by atoms with Gasteiger partial charge in [0.1, 0.15) is 5.75 Å².